The first kappa shape index (κ1) is 29.9. The predicted molar refractivity (Wildman–Crippen MR) is 152 cm³/mol. The van der Waals surface area contributed by atoms with E-state index in [0.29, 0.717) is 6.54 Å². The molecule has 0 unspecified atom stereocenters. The smallest absolute Gasteiger partial charge is 0.223 e. The second-order valence-electron chi connectivity index (χ2n) is 9.98. The Morgan fingerprint density at radius 2 is 1.39 bits per heavy atom. The number of ether oxygens (including phenoxy) is 1. The highest BCUT2D eigenvalue weighted by molar-refractivity contribution is 5.91. The van der Waals surface area contributed by atoms with Crippen LogP contribution in [0.15, 0.2) is 48.5 Å². The Labute approximate surface area is 220 Å². The van der Waals surface area contributed by atoms with Crippen LogP contribution < -0.4 is 9.64 Å². The maximum atomic E-state index is 12.1. The topological polar surface area (TPSA) is 49.8 Å². The van der Waals surface area contributed by atoms with E-state index in [1.807, 2.05) is 24.3 Å². The van der Waals surface area contributed by atoms with Crippen LogP contribution >= 0.6 is 0 Å². The fourth-order valence-electron chi connectivity index (χ4n) is 4.62. The number of nitrogens with zero attached hydrogens (tertiary/aromatic N) is 1. The lowest BCUT2D eigenvalue weighted by Gasteiger charge is -2.22. The number of aryl methyl sites for hydroxylation is 1. The van der Waals surface area contributed by atoms with Crippen LogP contribution in [0.3, 0.4) is 0 Å². The number of carbonyl (C=O) groups excluding carboxylic acids is 1. The summed E-state index contributed by atoms with van der Waals surface area (Å²) in [5.74, 6) is 0.958. The molecule has 0 heterocycles. The van der Waals surface area contributed by atoms with Gasteiger partial charge in [-0.2, -0.15) is 0 Å². The molecule has 0 aliphatic carbocycles. The Balaban J connectivity index is 1.55. The lowest BCUT2D eigenvalue weighted by atomic mass is 10.1. The fraction of sp³-hybridized carbons (Fsp3) is 0.594. The van der Waals surface area contributed by atoms with E-state index in [-0.39, 0.29) is 12.5 Å². The lowest BCUT2D eigenvalue weighted by Crippen LogP contribution is -2.29. The van der Waals surface area contributed by atoms with Crippen LogP contribution in [0.5, 0.6) is 5.75 Å². The van der Waals surface area contributed by atoms with Gasteiger partial charge in [-0.3, -0.25) is 4.79 Å². The zero-order valence-electron chi connectivity index (χ0n) is 22.9. The average Bonchev–Trinajstić information content (AvgIpc) is 2.90. The van der Waals surface area contributed by atoms with Crippen LogP contribution in [0.2, 0.25) is 0 Å². The van der Waals surface area contributed by atoms with Gasteiger partial charge in [0.2, 0.25) is 5.91 Å². The number of hydrogen-bond acceptors (Lipinski definition) is 3. The molecule has 0 aromatic heterocycles. The first-order valence-electron chi connectivity index (χ1n) is 14.3. The summed E-state index contributed by atoms with van der Waals surface area (Å²) in [6.45, 7) is 5.29. The van der Waals surface area contributed by atoms with E-state index >= 15 is 0 Å². The van der Waals surface area contributed by atoms with Gasteiger partial charge in [-0.05, 0) is 54.7 Å². The minimum atomic E-state index is -0.0205. The quantitative estimate of drug-likeness (QED) is 0.188. The molecule has 2 rings (SSSR count). The number of benzene rings is 2. The third kappa shape index (κ3) is 12.6. The first-order valence-corrected chi connectivity index (χ1v) is 14.3. The third-order valence-corrected chi connectivity index (χ3v) is 6.82. The number of aliphatic hydroxyl groups excluding tert-OH is 1. The molecule has 2 aromatic rings. The molecule has 2 aromatic carbocycles. The molecule has 0 aliphatic rings. The van der Waals surface area contributed by atoms with Crippen molar-refractivity contribution in [2.24, 2.45) is 0 Å². The number of carbonyl (C=O) groups is 1. The maximum absolute atomic E-state index is 12.1. The van der Waals surface area contributed by atoms with Crippen molar-refractivity contribution >= 4 is 11.6 Å². The molecule has 1 amide bonds. The van der Waals surface area contributed by atoms with E-state index in [1.54, 1.807) is 11.8 Å². The Hall–Kier alpha value is -2.33. The zero-order valence-corrected chi connectivity index (χ0v) is 22.9. The molecule has 0 bridgehead atoms. The average molecular weight is 496 g/mol. The molecule has 36 heavy (non-hydrogen) atoms. The molecule has 4 heteroatoms. The van der Waals surface area contributed by atoms with Crippen molar-refractivity contribution in [3.63, 3.8) is 0 Å². The van der Waals surface area contributed by atoms with Gasteiger partial charge in [-0.25, -0.2) is 0 Å². The Kier molecular flexibility index (Phi) is 15.7. The highest BCUT2D eigenvalue weighted by Gasteiger charge is 2.11. The molecule has 0 saturated carbocycles. The summed E-state index contributed by atoms with van der Waals surface area (Å²) < 4.78 is 5.93. The Morgan fingerprint density at radius 3 is 1.97 bits per heavy atom. The summed E-state index contributed by atoms with van der Waals surface area (Å²) in [4.78, 5) is 13.9. The van der Waals surface area contributed by atoms with E-state index in [2.05, 4.69) is 31.2 Å². The van der Waals surface area contributed by atoms with E-state index in [9.17, 15) is 9.90 Å². The summed E-state index contributed by atoms with van der Waals surface area (Å²) in [5, 5.41) is 9.37. The summed E-state index contributed by atoms with van der Waals surface area (Å²) in [7, 11) is 0. The van der Waals surface area contributed by atoms with Crippen LogP contribution in [0.25, 0.3) is 0 Å². The number of unbranched alkanes of at least 4 members (excludes halogenated alkanes) is 11. The molecule has 4 nitrogen and oxygen atoms in total. The summed E-state index contributed by atoms with van der Waals surface area (Å²) >= 11 is 0. The van der Waals surface area contributed by atoms with Crippen LogP contribution in [-0.2, 0) is 17.8 Å². The normalized spacial score (nSPS) is 11.0. The van der Waals surface area contributed by atoms with Crippen molar-refractivity contribution in [1.82, 2.24) is 0 Å². The highest BCUT2D eigenvalue weighted by atomic mass is 16.5. The van der Waals surface area contributed by atoms with Gasteiger partial charge in [0.25, 0.3) is 0 Å². The number of rotatable bonds is 20. The van der Waals surface area contributed by atoms with Crippen LogP contribution in [0.4, 0.5) is 5.69 Å². The molecule has 0 aliphatic heterocycles. The fourth-order valence-corrected chi connectivity index (χ4v) is 4.62. The van der Waals surface area contributed by atoms with E-state index in [0.717, 1.165) is 42.9 Å². The van der Waals surface area contributed by atoms with Crippen molar-refractivity contribution in [1.29, 1.82) is 0 Å². The van der Waals surface area contributed by atoms with E-state index in [1.165, 1.54) is 76.2 Å². The van der Waals surface area contributed by atoms with Gasteiger partial charge < -0.3 is 14.7 Å². The van der Waals surface area contributed by atoms with Gasteiger partial charge in [0, 0.05) is 19.2 Å². The van der Waals surface area contributed by atoms with Crippen molar-refractivity contribution in [2.75, 3.05) is 18.1 Å². The monoisotopic (exact) mass is 495 g/mol. The van der Waals surface area contributed by atoms with Crippen LogP contribution in [0, 0.1) is 0 Å². The second-order valence-corrected chi connectivity index (χ2v) is 9.98. The number of aliphatic hydroxyl groups is 1. The molecule has 200 valence electrons. The maximum Gasteiger partial charge on any atom is 0.223 e. The van der Waals surface area contributed by atoms with Gasteiger partial charge in [-0.1, -0.05) is 102 Å². The molecule has 0 saturated heterocycles. The zero-order chi connectivity index (χ0) is 25.8. The predicted octanol–water partition coefficient (Wildman–Crippen LogP) is 8.24. The molecule has 0 radical (unpaired) electrons. The molecule has 0 atom stereocenters. The van der Waals surface area contributed by atoms with Gasteiger partial charge in [0.15, 0.2) is 0 Å². The SMILES string of the molecule is CCCCCCCCCCCCCCOc1ccc(CCCN(C(C)=O)c2cccc(CO)c2)cc1. The summed E-state index contributed by atoms with van der Waals surface area (Å²) in [6, 6.07) is 15.9. The minimum Gasteiger partial charge on any atom is -0.494 e. The van der Waals surface area contributed by atoms with E-state index in [4.69, 9.17) is 4.74 Å². The molecular weight excluding hydrogens is 446 g/mol. The lowest BCUT2D eigenvalue weighted by molar-refractivity contribution is -0.116. The van der Waals surface area contributed by atoms with Crippen molar-refractivity contribution in [2.45, 2.75) is 110 Å². The van der Waals surface area contributed by atoms with Gasteiger partial charge in [0.1, 0.15) is 5.75 Å². The number of anilines is 1. The second kappa shape index (κ2) is 18.9. The molecule has 0 fully saturated rings. The number of amides is 1. The van der Waals surface area contributed by atoms with E-state index < -0.39 is 0 Å². The van der Waals surface area contributed by atoms with Crippen LogP contribution in [-0.4, -0.2) is 24.2 Å². The summed E-state index contributed by atoms with van der Waals surface area (Å²) in [6.07, 6.45) is 18.0. The molecule has 1 N–H and O–H groups in total. The summed E-state index contributed by atoms with van der Waals surface area (Å²) in [5.41, 5.74) is 2.91. The Bertz CT molecular complexity index is 834. The number of hydrogen-bond donors (Lipinski definition) is 1. The van der Waals surface area contributed by atoms with Crippen LogP contribution in [0.1, 0.15) is 108 Å². The van der Waals surface area contributed by atoms with Crippen molar-refractivity contribution in [3.05, 3.63) is 59.7 Å². The van der Waals surface area contributed by atoms with Crippen molar-refractivity contribution < 1.29 is 14.6 Å². The Morgan fingerprint density at radius 1 is 0.778 bits per heavy atom. The molecule has 0 spiro atoms. The van der Waals surface area contributed by atoms with Gasteiger partial charge in [0.05, 0.1) is 13.2 Å². The van der Waals surface area contributed by atoms with Gasteiger partial charge >= 0.3 is 0 Å². The standard InChI is InChI=1S/C32H49NO3/c1-3-4-5-6-7-8-9-10-11-12-13-14-25-36-32-22-20-29(21-23-32)18-16-24-33(28(2)35)31-19-15-17-30(26-31)27-34/h15,17,19-23,26,34H,3-14,16,18,24-25,27H2,1-2H3. The highest BCUT2D eigenvalue weighted by Crippen LogP contribution is 2.19. The van der Waals surface area contributed by atoms with Gasteiger partial charge in [-0.15, -0.1) is 0 Å². The first-order chi connectivity index (χ1) is 17.6. The largest absolute Gasteiger partial charge is 0.494 e. The molecular formula is C32H49NO3. The minimum absolute atomic E-state index is 0.0200. The van der Waals surface area contributed by atoms with Crippen molar-refractivity contribution in [3.8, 4) is 5.75 Å². The third-order valence-electron chi connectivity index (χ3n) is 6.82.